The molecule has 0 aliphatic rings. The molecule has 4 nitrogen and oxygen atoms in total. The van der Waals surface area contributed by atoms with E-state index in [0.717, 1.165) is 82.8 Å². The zero-order valence-corrected chi connectivity index (χ0v) is 22.5. The SMILES string of the molecule is c1ccc(-c2cc(-n3c4ccccc4c4cnc5c(ccc6c7ccccc7oc65)c43)cc(-c3ccccc3)n2)cc1. The lowest BCUT2D eigenvalue weighted by atomic mass is 10.1. The first-order valence-corrected chi connectivity index (χ1v) is 14.1. The van der Waals surface area contributed by atoms with Crippen LogP contribution in [0.1, 0.15) is 0 Å². The van der Waals surface area contributed by atoms with Gasteiger partial charge in [-0.1, -0.05) is 97.1 Å². The topological polar surface area (TPSA) is 43.9 Å². The zero-order chi connectivity index (χ0) is 27.6. The van der Waals surface area contributed by atoms with Crippen molar-refractivity contribution in [2.24, 2.45) is 0 Å². The highest BCUT2D eigenvalue weighted by molar-refractivity contribution is 6.23. The molecule has 4 heteroatoms. The maximum Gasteiger partial charge on any atom is 0.161 e. The van der Waals surface area contributed by atoms with Crippen molar-refractivity contribution in [2.45, 2.75) is 0 Å². The molecule has 9 rings (SSSR count). The Morgan fingerprint density at radius 3 is 1.88 bits per heavy atom. The highest BCUT2D eigenvalue weighted by Gasteiger charge is 2.20. The van der Waals surface area contributed by atoms with Crippen LogP contribution in [0.2, 0.25) is 0 Å². The number of furan rings is 1. The molecule has 5 aromatic carbocycles. The van der Waals surface area contributed by atoms with Crippen LogP contribution in [-0.4, -0.2) is 14.5 Å². The Hall–Kier alpha value is -5.74. The van der Waals surface area contributed by atoms with Crippen molar-refractivity contribution in [1.29, 1.82) is 0 Å². The van der Waals surface area contributed by atoms with Gasteiger partial charge in [-0.3, -0.25) is 4.98 Å². The molecule has 0 saturated heterocycles. The quantitative estimate of drug-likeness (QED) is 0.225. The molecule has 0 N–H and O–H groups in total. The van der Waals surface area contributed by atoms with Crippen LogP contribution >= 0.6 is 0 Å². The second kappa shape index (κ2) is 8.88. The molecular weight excluding hydrogens is 514 g/mol. The molecule has 9 aromatic rings. The van der Waals surface area contributed by atoms with Crippen LogP contribution in [0, 0.1) is 0 Å². The lowest BCUT2D eigenvalue weighted by molar-refractivity contribution is 0.671. The summed E-state index contributed by atoms with van der Waals surface area (Å²) in [6, 6.07) is 46.3. The van der Waals surface area contributed by atoms with Gasteiger partial charge in [-0.25, -0.2) is 4.98 Å². The molecular formula is C38H23N3O. The summed E-state index contributed by atoms with van der Waals surface area (Å²) in [6.45, 7) is 0. The summed E-state index contributed by atoms with van der Waals surface area (Å²) in [5, 5.41) is 5.49. The Kier molecular flexibility index (Phi) is 4.87. The largest absolute Gasteiger partial charge is 0.454 e. The minimum absolute atomic E-state index is 0.817. The molecule has 0 unspecified atom stereocenters. The molecule has 42 heavy (non-hydrogen) atoms. The number of pyridine rings is 2. The number of aromatic nitrogens is 3. The fourth-order valence-corrected chi connectivity index (χ4v) is 6.31. The normalized spacial score (nSPS) is 11.8. The lowest BCUT2D eigenvalue weighted by Crippen LogP contribution is -1.99. The maximum absolute atomic E-state index is 6.41. The van der Waals surface area contributed by atoms with Crippen molar-refractivity contribution in [2.75, 3.05) is 0 Å². The number of hydrogen-bond donors (Lipinski definition) is 0. The van der Waals surface area contributed by atoms with E-state index in [-0.39, 0.29) is 0 Å². The van der Waals surface area contributed by atoms with Gasteiger partial charge < -0.3 is 8.98 Å². The van der Waals surface area contributed by atoms with Gasteiger partial charge in [-0.2, -0.15) is 0 Å². The number of hydrogen-bond acceptors (Lipinski definition) is 3. The first-order chi connectivity index (χ1) is 20.8. The van der Waals surface area contributed by atoms with Crippen molar-refractivity contribution in [3.8, 4) is 28.2 Å². The van der Waals surface area contributed by atoms with Gasteiger partial charge in [0.25, 0.3) is 0 Å². The van der Waals surface area contributed by atoms with Crippen LogP contribution in [-0.2, 0) is 0 Å². The second-order valence-corrected chi connectivity index (χ2v) is 10.6. The predicted octanol–water partition coefficient (Wildman–Crippen LogP) is 9.96. The maximum atomic E-state index is 6.41. The number of benzene rings is 5. The van der Waals surface area contributed by atoms with Crippen molar-refractivity contribution in [3.63, 3.8) is 0 Å². The molecule has 0 aliphatic heterocycles. The third-order valence-corrected chi connectivity index (χ3v) is 8.22. The van der Waals surface area contributed by atoms with E-state index in [4.69, 9.17) is 14.4 Å². The summed E-state index contributed by atoms with van der Waals surface area (Å²) in [7, 11) is 0. The third kappa shape index (κ3) is 3.36. The zero-order valence-electron chi connectivity index (χ0n) is 22.5. The molecule has 0 atom stereocenters. The van der Waals surface area contributed by atoms with E-state index < -0.39 is 0 Å². The van der Waals surface area contributed by atoms with Crippen LogP contribution in [0.5, 0.6) is 0 Å². The summed E-state index contributed by atoms with van der Waals surface area (Å²) in [6.07, 6.45) is 2.00. The Labute approximate surface area is 241 Å². The number of rotatable bonds is 3. The van der Waals surface area contributed by atoms with Gasteiger partial charge in [-0.05, 0) is 36.4 Å². The summed E-state index contributed by atoms with van der Waals surface area (Å²) in [5.41, 5.74) is 9.83. The average Bonchev–Trinajstić information content (AvgIpc) is 3.62. The molecule has 0 radical (unpaired) electrons. The Morgan fingerprint density at radius 2 is 1.14 bits per heavy atom. The van der Waals surface area contributed by atoms with Gasteiger partial charge in [0.2, 0.25) is 0 Å². The minimum Gasteiger partial charge on any atom is -0.454 e. The van der Waals surface area contributed by atoms with E-state index in [1.807, 2.05) is 36.5 Å². The van der Waals surface area contributed by atoms with E-state index >= 15 is 0 Å². The summed E-state index contributed by atoms with van der Waals surface area (Å²) in [4.78, 5) is 10.1. The van der Waals surface area contributed by atoms with Crippen molar-refractivity contribution in [3.05, 3.63) is 140 Å². The smallest absolute Gasteiger partial charge is 0.161 e. The van der Waals surface area contributed by atoms with Gasteiger partial charge >= 0.3 is 0 Å². The Morgan fingerprint density at radius 1 is 0.524 bits per heavy atom. The monoisotopic (exact) mass is 537 g/mol. The molecule has 0 fully saturated rings. The third-order valence-electron chi connectivity index (χ3n) is 8.22. The molecule has 0 amide bonds. The summed E-state index contributed by atoms with van der Waals surface area (Å²) < 4.78 is 8.77. The van der Waals surface area contributed by atoms with Crippen molar-refractivity contribution in [1.82, 2.24) is 14.5 Å². The van der Waals surface area contributed by atoms with E-state index in [0.29, 0.717) is 0 Å². The van der Waals surface area contributed by atoms with Gasteiger partial charge in [0.05, 0.1) is 28.1 Å². The Bertz CT molecular complexity index is 2400. The average molecular weight is 538 g/mol. The molecule has 0 spiro atoms. The fourth-order valence-electron chi connectivity index (χ4n) is 6.31. The van der Waals surface area contributed by atoms with Crippen molar-refractivity contribution >= 4 is 54.6 Å². The van der Waals surface area contributed by atoms with Gasteiger partial charge in [-0.15, -0.1) is 0 Å². The minimum atomic E-state index is 0.817. The number of para-hydroxylation sites is 2. The lowest BCUT2D eigenvalue weighted by Gasteiger charge is -2.14. The van der Waals surface area contributed by atoms with Crippen LogP contribution < -0.4 is 0 Å². The molecule has 4 aromatic heterocycles. The highest BCUT2D eigenvalue weighted by Crippen LogP contribution is 2.40. The van der Waals surface area contributed by atoms with E-state index in [9.17, 15) is 0 Å². The van der Waals surface area contributed by atoms with Crippen LogP contribution in [0.3, 0.4) is 0 Å². The van der Waals surface area contributed by atoms with E-state index in [1.54, 1.807) is 0 Å². The van der Waals surface area contributed by atoms with Crippen molar-refractivity contribution < 1.29 is 4.42 Å². The summed E-state index contributed by atoms with van der Waals surface area (Å²) >= 11 is 0. The highest BCUT2D eigenvalue weighted by atomic mass is 16.3. The first-order valence-electron chi connectivity index (χ1n) is 14.1. The molecule has 0 saturated carbocycles. The number of nitrogens with zero attached hydrogens (tertiary/aromatic N) is 3. The molecule has 0 bridgehead atoms. The van der Waals surface area contributed by atoms with Gasteiger partial charge in [0.15, 0.2) is 5.58 Å². The van der Waals surface area contributed by atoms with Gasteiger partial charge in [0.1, 0.15) is 11.1 Å². The Balaban J connectivity index is 1.42. The summed E-state index contributed by atoms with van der Waals surface area (Å²) in [5.74, 6) is 0. The number of fused-ring (bicyclic) bond motifs is 9. The standard InChI is InChI=1S/C38H23N3O/c1-3-11-24(12-4-1)32-21-26(22-33(40-32)25-13-5-2-6-14-25)41-34-17-9-7-15-27(34)31-23-39-36-30(37(31)41)20-19-29-28-16-8-10-18-35(28)42-38(29)36/h1-23H. The molecule has 0 aliphatic carbocycles. The predicted molar refractivity (Wildman–Crippen MR) is 172 cm³/mol. The van der Waals surface area contributed by atoms with E-state index in [2.05, 4.69) is 108 Å². The molecule has 4 heterocycles. The van der Waals surface area contributed by atoms with Crippen LogP contribution in [0.4, 0.5) is 0 Å². The van der Waals surface area contributed by atoms with Crippen LogP contribution in [0.25, 0.3) is 82.8 Å². The van der Waals surface area contributed by atoms with E-state index in [1.165, 1.54) is 0 Å². The van der Waals surface area contributed by atoms with Crippen LogP contribution in [0.15, 0.2) is 144 Å². The second-order valence-electron chi connectivity index (χ2n) is 10.6. The fraction of sp³-hybridized carbons (Fsp3) is 0. The van der Waals surface area contributed by atoms with Gasteiger partial charge in [0, 0.05) is 44.3 Å². The molecule has 196 valence electrons. The first kappa shape index (κ1) is 23.0.